The first-order valence-corrected chi connectivity index (χ1v) is 22.3. The molecule has 0 spiro atoms. The van der Waals surface area contributed by atoms with Gasteiger partial charge in [-0.1, -0.05) is 44.9 Å². The highest BCUT2D eigenvalue weighted by Gasteiger charge is 2.26. The lowest BCUT2D eigenvalue weighted by atomic mass is 9.87. The molecule has 0 saturated carbocycles. The molecule has 4 aromatic carbocycles. The maximum atomic E-state index is 14.0. The molecule has 19 heteroatoms. The predicted molar refractivity (Wildman–Crippen MR) is 257 cm³/mol. The first kappa shape index (κ1) is 50.8. The van der Waals surface area contributed by atoms with Gasteiger partial charge in [-0.15, -0.1) is 0 Å². The highest BCUT2D eigenvalue weighted by atomic mass is 16.5. The van der Waals surface area contributed by atoms with Crippen LogP contribution < -0.4 is 30.0 Å². The van der Waals surface area contributed by atoms with E-state index < -0.39 is 61.9 Å². The molecule has 7 N–H and O–H groups in total. The number of aryl methyl sites for hydroxylation is 2. The molecule has 0 radical (unpaired) electrons. The number of benzene rings is 5. The van der Waals surface area contributed by atoms with Crippen LogP contribution in [0.4, 0.5) is 17.1 Å². The van der Waals surface area contributed by atoms with Gasteiger partial charge >= 0.3 is 29.8 Å². The summed E-state index contributed by atoms with van der Waals surface area (Å²) in [5.41, 5.74) is 2.08. The Labute approximate surface area is 400 Å². The molecule has 2 aliphatic rings. The highest BCUT2D eigenvalue weighted by molar-refractivity contribution is 6.11. The second-order valence-electron chi connectivity index (χ2n) is 16.3. The summed E-state index contributed by atoms with van der Waals surface area (Å²) in [5.74, 6) is -7.24. The molecule has 0 bridgehead atoms. The van der Waals surface area contributed by atoms with Crippen molar-refractivity contribution >= 4 is 63.8 Å². The summed E-state index contributed by atoms with van der Waals surface area (Å²) in [6.07, 6.45) is 4.17. The fourth-order valence-electron chi connectivity index (χ4n) is 7.97. The van der Waals surface area contributed by atoms with Crippen molar-refractivity contribution in [1.82, 2.24) is 0 Å². The van der Waals surface area contributed by atoms with Crippen LogP contribution in [-0.4, -0.2) is 106 Å². The van der Waals surface area contributed by atoms with Gasteiger partial charge in [0, 0.05) is 51.5 Å². The van der Waals surface area contributed by atoms with Crippen molar-refractivity contribution in [1.29, 1.82) is 0 Å². The van der Waals surface area contributed by atoms with Gasteiger partial charge in [0.1, 0.15) is 68.0 Å². The van der Waals surface area contributed by atoms with Crippen LogP contribution in [0.5, 0.6) is 17.2 Å². The highest BCUT2D eigenvalue weighted by Crippen LogP contribution is 2.44. The molecular weight excluding hydrogens is 911 g/mol. The third-order valence-electron chi connectivity index (χ3n) is 11.2. The third kappa shape index (κ3) is 12.5. The van der Waals surface area contributed by atoms with E-state index in [1.165, 1.54) is 60.7 Å². The minimum absolute atomic E-state index is 0.0111. The van der Waals surface area contributed by atoms with E-state index in [9.17, 15) is 64.2 Å². The second-order valence-corrected chi connectivity index (χ2v) is 16.3. The number of hydrogen-bond donors (Lipinski definition) is 7. The van der Waals surface area contributed by atoms with Gasteiger partial charge in [0.2, 0.25) is 0 Å². The summed E-state index contributed by atoms with van der Waals surface area (Å²) in [6.45, 7) is 0.682. The van der Waals surface area contributed by atoms with E-state index in [-0.39, 0.29) is 81.0 Å². The van der Waals surface area contributed by atoms with Gasteiger partial charge in [-0.2, -0.15) is 0 Å². The maximum Gasteiger partial charge on any atom is 0.336 e. The number of hydrogen-bond acceptors (Lipinski definition) is 13. The molecular formula is C51H51N3O16. The first-order chi connectivity index (χ1) is 33.5. The summed E-state index contributed by atoms with van der Waals surface area (Å²) in [5, 5.41) is 62.9. The second kappa shape index (κ2) is 22.9. The Hall–Kier alpha value is -8.61. The van der Waals surface area contributed by atoms with Crippen LogP contribution in [0.25, 0.3) is 33.4 Å². The van der Waals surface area contributed by atoms with E-state index >= 15 is 0 Å². The van der Waals surface area contributed by atoms with Crippen molar-refractivity contribution < 1.29 is 73.3 Å². The zero-order valence-electron chi connectivity index (χ0n) is 38.2. The Balaban J connectivity index is 1.36. The quantitative estimate of drug-likeness (QED) is 0.0218. The number of amides is 1. The van der Waals surface area contributed by atoms with Crippen LogP contribution in [0.1, 0.15) is 71.4 Å². The number of aromatic hydroxyl groups is 1. The topological polar surface area (TPSA) is 291 Å². The number of para-hydroxylation sites is 2. The van der Waals surface area contributed by atoms with Crippen molar-refractivity contribution in [2.45, 2.75) is 52.4 Å². The summed E-state index contributed by atoms with van der Waals surface area (Å²) in [6, 6.07) is 20.5. The Morgan fingerprint density at radius 1 is 0.629 bits per heavy atom. The standard InChI is InChI=1S/C51H51N3O16/c1-3-5-9-29-19-35-42(23-39(29)55)70-43-24-40(56)30(10-6-4-2)20-36(43)49(35)33-15-13-31(21-34(33)51(66)67)50(65)52-32-14-16-38(54(27-47(61)62)28-48(63)64)44(22-32)69-18-17-68-41-12-8-7-11-37(41)53(25-45(57)58)26-46(59)60/h7-8,11-16,19-24,55H,3-6,9-10,17-18,25-28H2,1-2H3,(H,52,65)(H,57,58)(H,59,60)(H,61,62)(H,63,64)(H,66,67). The number of phenols is 1. The minimum atomic E-state index is -1.37. The molecule has 0 atom stereocenters. The van der Waals surface area contributed by atoms with Crippen LogP contribution in [0.3, 0.4) is 0 Å². The number of nitrogens with zero attached hydrogens (tertiary/aromatic N) is 2. The van der Waals surface area contributed by atoms with E-state index in [4.69, 9.17) is 13.9 Å². The van der Waals surface area contributed by atoms with Gasteiger partial charge in [0.25, 0.3) is 5.91 Å². The molecule has 0 aromatic heterocycles. The van der Waals surface area contributed by atoms with E-state index in [1.54, 1.807) is 24.3 Å². The van der Waals surface area contributed by atoms with Crippen molar-refractivity contribution in [3.8, 4) is 39.7 Å². The number of carboxylic acid groups (broad SMARTS) is 5. The number of carbonyl (C=O) groups is 6. The Bertz CT molecular complexity index is 2950. The maximum absolute atomic E-state index is 14.0. The molecule has 1 amide bonds. The molecule has 19 nitrogen and oxygen atoms in total. The average Bonchev–Trinajstić information content (AvgIpc) is 3.30. The lowest BCUT2D eigenvalue weighted by Gasteiger charge is -2.25. The van der Waals surface area contributed by atoms with Crippen LogP contribution in [-0.2, 0) is 32.0 Å². The van der Waals surface area contributed by atoms with E-state index in [2.05, 4.69) is 5.32 Å². The fourth-order valence-corrected chi connectivity index (χ4v) is 7.97. The number of aromatic carboxylic acids is 1. The van der Waals surface area contributed by atoms with E-state index in [0.717, 1.165) is 35.5 Å². The number of rotatable bonds is 25. The van der Waals surface area contributed by atoms with Gasteiger partial charge in [-0.3, -0.25) is 28.8 Å². The number of ether oxygens (including phenoxy) is 2. The lowest BCUT2D eigenvalue weighted by molar-refractivity contribution is -0.138. The summed E-state index contributed by atoms with van der Waals surface area (Å²) in [4.78, 5) is 89.2. The number of aliphatic carboxylic acids is 4. The number of unbranched alkanes of at least 4 members (excludes halogenated alkanes) is 2. The summed E-state index contributed by atoms with van der Waals surface area (Å²) in [7, 11) is 0. The zero-order chi connectivity index (χ0) is 50.6. The smallest absolute Gasteiger partial charge is 0.336 e. The van der Waals surface area contributed by atoms with Gasteiger partial charge in [0.15, 0.2) is 5.43 Å². The summed E-state index contributed by atoms with van der Waals surface area (Å²) < 4.78 is 18.0. The number of carbonyl (C=O) groups excluding carboxylic acids is 1. The fraction of sp³-hybridized carbons (Fsp3) is 0.275. The normalized spacial score (nSPS) is 11.0. The molecule has 6 rings (SSSR count). The molecule has 1 aliphatic heterocycles. The number of fused-ring (bicyclic) bond motifs is 2. The Morgan fingerprint density at radius 3 is 1.81 bits per heavy atom. The van der Waals surface area contributed by atoms with Gasteiger partial charge in [-0.25, -0.2) is 4.79 Å². The van der Waals surface area contributed by atoms with Crippen molar-refractivity contribution in [3.05, 3.63) is 117 Å². The number of anilines is 3. The van der Waals surface area contributed by atoms with E-state index in [1.807, 2.05) is 13.8 Å². The molecule has 0 fully saturated rings. The molecule has 70 heavy (non-hydrogen) atoms. The molecule has 4 aromatic rings. The Morgan fingerprint density at radius 2 is 1.21 bits per heavy atom. The molecule has 1 aliphatic carbocycles. The van der Waals surface area contributed by atoms with Crippen LogP contribution >= 0.6 is 0 Å². The zero-order valence-corrected chi connectivity index (χ0v) is 38.2. The Kier molecular flexibility index (Phi) is 16.6. The molecule has 1 heterocycles. The van der Waals surface area contributed by atoms with Gasteiger partial charge < -0.3 is 59.6 Å². The van der Waals surface area contributed by atoms with Gasteiger partial charge in [-0.05, 0) is 85.3 Å². The van der Waals surface area contributed by atoms with Crippen molar-refractivity contribution in [3.63, 3.8) is 0 Å². The minimum Gasteiger partial charge on any atom is -0.508 e. The summed E-state index contributed by atoms with van der Waals surface area (Å²) >= 11 is 0. The third-order valence-corrected chi connectivity index (χ3v) is 11.2. The number of carboxylic acids is 5. The average molecular weight is 962 g/mol. The van der Waals surface area contributed by atoms with Crippen LogP contribution in [0.2, 0.25) is 0 Å². The lowest BCUT2D eigenvalue weighted by Crippen LogP contribution is -2.35. The van der Waals surface area contributed by atoms with Crippen LogP contribution in [0.15, 0.2) is 94.1 Å². The van der Waals surface area contributed by atoms with E-state index in [0.29, 0.717) is 40.5 Å². The first-order valence-electron chi connectivity index (χ1n) is 22.3. The molecule has 0 saturated heterocycles. The number of phenolic OH excluding ortho intramolecular Hbond substituents is 1. The molecule has 0 unspecified atom stereocenters. The largest absolute Gasteiger partial charge is 0.508 e. The monoisotopic (exact) mass is 961 g/mol. The van der Waals surface area contributed by atoms with Crippen molar-refractivity contribution in [2.24, 2.45) is 0 Å². The van der Waals surface area contributed by atoms with Gasteiger partial charge in [0.05, 0.1) is 16.9 Å². The predicted octanol–water partition coefficient (Wildman–Crippen LogP) is 7.32. The van der Waals surface area contributed by atoms with Crippen molar-refractivity contribution in [2.75, 3.05) is 54.5 Å². The number of nitrogens with one attached hydrogen (secondary N) is 1. The van der Waals surface area contributed by atoms with Crippen LogP contribution in [0, 0.1) is 0 Å². The molecule has 366 valence electrons. The SMILES string of the molecule is CCCCc1cc2c(-c3ccc(C(=O)Nc4ccc(N(CC(=O)O)CC(=O)O)c(OCCOc5ccccc5N(CC(=O)O)CC(=O)O)c4)cc3C(=O)O)c3cc(CCCC)c(=O)cc-3oc2cc1O.